The maximum absolute atomic E-state index is 13.4. The van der Waals surface area contributed by atoms with E-state index >= 15 is 0 Å². The monoisotopic (exact) mass is 266 g/mol. The van der Waals surface area contributed by atoms with Crippen LogP contribution in [0.25, 0.3) is 0 Å². The van der Waals surface area contributed by atoms with Crippen LogP contribution in [0, 0.1) is 12.7 Å². The molecule has 1 heterocycles. The number of benzene rings is 1. The van der Waals surface area contributed by atoms with Gasteiger partial charge in [0.25, 0.3) is 0 Å². The van der Waals surface area contributed by atoms with Crippen molar-refractivity contribution in [3.05, 3.63) is 51.5 Å². The van der Waals surface area contributed by atoms with Crippen molar-refractivity contribution >= 4 is 11.3 Å². The van der Waals surface area contributed by atoms with Crippen LogP contribution in [0.4, 0.5) is 4.39 Å². The number of rotatable bonds is 3. The summed E-state index contributed by atoms with van der Waals surface area (Å²) >= 11 is 1.49. The van der Waals surface area contributed by atoms with E-state index in [1.807, 2.05) is 19.1 Å². The van der Waals surface area contributed by atoms with E-state index in [1.54, 1.807) is 6.92 Å². The molecule has 0 radical (unpaired) electrons. The van der Waals surface area contributed by atoms with Crippen molar-refractivity contribution in [2.24, 2.45) is 0 Å². The summed E-state index contributed by atoms with van der Waals surface area (Å²) in [6.45, 7) is 3.61. The van der Waals surface area contributed by atoms with Gasteiger partial charge in [-0.25, -0.2) is 4.39 Å². The molecule has 1 aromatic heterocycles. The van der Waals surface area contributed by atoms with E-state index in [0.29, 0.717) is 11.3 Å². The van der Waals surface area contributed by atoms with Gasteiger partial charge >= 0.3 is 0 Å². The van der Waals surface area contributed by atoms with Gasteiger partial charge in [0.15, 0.2) is 0 Å². The zero-order valence-corrected chi connectivity index (χ0v) is 11.3. The number of ether oxygens (including phenoxy) is 1. The highest BCUT2D eigenvalue weighted by atomic mass is 32.1. The van der Waals surface area contributed by atoms with Gasteiger partial charge in [0.05, 0.1) is 7.11 Å². The molecule has 1 atom stereocenters. The minimum absolute atomic E-state index is 0.389. The number of thiophene rings is 1. The molecule has 0 aliphatic carbocycles. The molecule has 0 amide bonds. The molecule has 0 aliphatic heterocycles. The Hall–Kier alpha value is -1.39. The zero-order chi connectivity index (χ0) is 13.3. The van der Waals surface area contributed by atoms with E-state index < -0.39 is 5.60 Å². The molecule has 0 fully saturated rings. The van der Waals surface area contributed by atoms with Crippen LogP contribution in [-0.2, 0) is 5.60 Å². The summed E-state index contributed by atoms with van der Waals surface area (Å²) in [5.41, 5.74) is -0.821. The summed E-state index contributed by atoms with van der Waals surface area (Å²) in [6.07, 6.45) is 0. The quantitative estimate of drug-likeness (QED) is 0.922. The fourth-order valence-electron chi connectivity index (χ4n) is 1.89. The SMILES string of the molecule is COc1ccc(F)cc1C(C)(O)c1ccc(C)s1. The fourth-order valence-corrected chi connectivity index (χ4v) is 2.82. The molecule has 2 nitrogen and oxygen atoms in total. The normalized spacial score (nSPS) is 14.3. The highest BCUT2D eigenvalue weighted by Gasteiger charge is 2.30. The van der Waals surface area contributed by atoms with E-state index in [1.165, 1.54) is 36.6 Å². The Morgan fingerprint density at radius 2 is 2.00 bits per heavy atom. The first-order chi connectivity index (χ1) is 8.45. The molecule has 2 aromatic rings. The highest BCUT2D eigenvalue weighted by Crippen LogP contribution is 2.38. The van der Waals surface area contributed by atoms with Gasteiger partial charge < -0.3 is 9.84 Å². The molecule has 0 bridgehead atoms. The average molecular weight is 266 g/mol. The second-order valence-corrected chi connectivity index (χ2v) is 5.62. The second-order valence-electron chi connectivity index (χ2n) is 4.33. The van der Waals surface area contributed by atoms with Gasteiger partial charge in [-0.3, -0.25) is 0 Å². The molecular formula is C14H15FO2S. The fraction of sp³-hybridized carbons (Fsp3) is 0.286. The lowest BCUT2D eigenvalue weighted by Crippen LogP contribution is -2.22. The Balaban J connectivity index is 2.55. The minimum Gasteiger partial charge on any atom is -0.496 e. The van der Waals surface area contributed by atoms with Crippen LogP contribution in [0.3, 0.4) is 0 Å². The molecule has 18 heavy (non-hydrogen) atoms. The Kier molecular flexibility index (Phi) is 3.41. The van der Waals surface area contributed by atoms with E-state index in [0.717, 1.165) is 9.75 Å². The summed E-state index contributed by atoms with van der Waals surface area (Å²) < 4.78 is 18.6. The Bertz CT molecular complexity index is 561. The first kappa shape index (κ1) is 13.1. The molecule has 2 rings (SSSR count). The van der Waals surface area contributed by atoms with Gasteiger partial charge in [-0.15, -0.1) is 11.3 Å². The van der Waals surface area contributed by atoms with Crippen molar-refractivity contribution in [1.29, 1.82) is 0 Å². The number of halogens is 1. The van der Waals surface area contributed by atoms with Gasteiger partial charge in [0.2, 0.25) is 0 Å². The Morgan fingerprint density at radius 3 is 2.56 bits per heavy atom. The predicted molar refractivity (Wildman–Crippen MR) is 70.7 cm³/mol. The molecule has 4 heteroatoms. The second kappa shape index (κ2) is 4.71. The molecule has 0 saturated carbocycles. The summed E-state index contributed by atoms with van der Waals surface area (Å²) in [5, 5.41) is 10.7. The number of aliphatic hydroxyl groups is 1. The number of hydrogen-bond donors (Lipinski definition) is 1. The van der Waals surface area contributed by atoms with Crippen molar-refractivity contribution in [2.75, 3.05) is 7.11 Å². The van der Waals surface area contributed by atoms with Crippen LogP contribution in [0.5, 0.6) is 5.75 Å². The van der Waals surface area contributed by atoms with E-state index in [-0.39, 0.29) is 5.82 Å². The lowest BCUT2D eigenvalue weighted by atomic mass is 9.93. The lowest BCUT2D eigenvalue weighted by Gasteiger charge is -2.24. The van der Waals surface area contributed by atoms with Crippen molar-refractivity contribution in [2.45, 2.75) is 19.4 Å². The van der Waals surface area contributed by atoms with Crippen molar-refractivity contribution in [3.8, 4) is 5.75 Å². The van der Waals surface area contributed by atoms with E-state index in [2.05, 4.69) is 0 Å². The van der Waals surface area contributed by atoms with Crippen LogP contribution < -0.4 is 4.74 Å². The smallest absolute Gasteiger partial charge is 0.125 e. The molecule has 0 aliphatic rings. The lowest BCUT2D eigenvalue weighted by molar-refractivity contribution is 0.102. The number of hydrogen-bond acceptors (Lipinski definition) is 3. The third kappa shape index (κ3) is 2.26. The van der Waals surface area contributed by atoms with Gasteiger partial charge in [0.1, 0.15) is 17.2 Å². The molecule has 96 valence electrons. The van der Waals surface area contributed by atoms with Gasteiger partial charge in [0, 0.05) is 15.3 Å². The van der Waals surface area contributed by atoms with Crippen molar-refractivity contribution in [3.63, 3.8) is 0 Å². The summed E-state index contributed by atoms with van der Waals surface area (Å²) in [7, 11) is 1.51. The van der Waals surface area contributed by atoms with Crippen molar-refractivity contribution in [1.82, 2.24) is 0 Å². The first-order valence-electron chi connectivity index (χ1n) is 5.58. The average Bonchev–Trinajstić information content (AvgIpc) is 2.76. The third-order valence-corrected chi connectivity index (χ3v) is 4.12. The van der Waals surface area contributed by atoms with Gasteiger partial charge in [-0.1, -0.05) is 0 Å². The standard InChI is InChI=1S/C14H15FO2S/c1-9-4-7-13(18-9)14(2,16)11-8-10(15)5-6-12(11)17-3/h4-8,16H,1-3H3. The maximum Gasteiger partial charge on any atom is 0.125 e. The van der Waals surface area contributed by atoms with E-state index in [4.69, 9.17) is 4.74 Å². The number of methoxy groups -OCH3 is 1. The van der Waals surface area contributed by atoms with E-state index in [9.17, 15) is 9.50 Å². The maximum atomic E-state index is 13.4. The molecule has 1 unspecified atom stereocenters. The topological polar surface area (TPSA) is 29.5 Å². The van der Waals surface area contributed by atoms with Crippen LogP contribution in [-0.4, -0.2) is 12.2 Å². The number of aryl methyl sites for hydroxylation is 1. The van der Waals surface area contributed by atoms with Crippen LogP contribution in [0.1, 0.15) is 22.2 Å². The van der Waals surface area contributed by atoms with Gasteiger partial charge in [-0.2, -0.15) is 0 Å². The first-order valence-corrected chi connectivity index (χ1v) is 6.40. The van der Waals surface area contributed by atoms with Crippen LogP contribution >= 0.6 is 11.3 Å². The molecule has 0 saturated heterocycles. The zero-order valence-electron chi connectivity index (χ0n) is 10.5. The molecule has 1 aromatic carbocycles. The predicted octanol–water partition coefficient (Wildman–Crippen LogP) is 3.46. The molecule has 0 spiro atoms. The summed E-state index contributed by atoms with van der Waals surface area (Å²) in [5.74, 6) is 0.0896. The third-order valence-electron chi connectivity index (χ3n) is 2.91. The van der Waals surface area contributed by atoms with Gasteiger partial charge in [-0.05, 0) is 44.2 Å². The Morgan fingerprint density at radius 1 is 1.28 bits per heavy atom. The summed E-state index contributed by atoms with van der Waals surface area (Å²) in [6, 6.07) is 7.94. The highest BCUT2D eigenvalue weighted by molar-refractivity contribution is 7.12. The van der Waals surface area contributed by atoms with Crippen molar-refractivity contribution < 1.29 is 14.2 Å². The molecular weight excluding hydrogens is 251 g/mol. The molecule has 1 N–H and O–H groups in total. The Labute approximate surface area is 110 Å². The van der Waals surface area contributed by atoms with Crippen LogP contribution in [0.2, 0.25) is 0 Å². The van der Waals surface area contributed by atoms with Crippen LogP contribution in [0.15, 0.2) is 30.3 Å². The summed E-state index contributed by atoms with van der Waals surface area (Å²) in [4.78, 5) is 1.87. The minimum atomic E-state index is -1.26. The largest absolute Gasteiger partial charge is 0.496 e.